The molecule has 1 amide bonds. The minimum atomic E-state index is -0.772. The van der Waals surface area contributed by atoms with E-state index in [1.54, 1.807) is 12.1 Å². The molecule has 0 saturated heterocycles. The van der Waals surface area contributed by atoms with Crippen LogP contribution in [0, 0.1) is 5.82 Å². The molecule has 0 saturated carbocycles. The van der Waals surface area contributed by atoms with Crippen molar-refractivity contribution in [2.75, 3.05) is 13.2 Å². The quantitative estimate of drug-likeness (QED) is 0.856. The molecule has 0 fully saturated rings. The summed E-state index contributed by atoms with van der Waals surface area (Å²) in [5.74, 6) is 0.663. The molecule has 1 heterocycles. The average molecular weight is 359 g/mol. The number of halogens is 1. The molecular formula is C20H22FNO4. The lowest BCUT2D eigenvalue weighted by atomic mass is 10.1. The lowest BCUT2D eigenvalue weighted by Gasteiger charge is -2.23. The fourth-order valence-corrected chi connectivity index (χ4v) is 2.73. The highest BCUT2D eigenvalue weighted by Gasteiger charge is 2.22. The lowest BCUT2D eigenvalue weighted by Crippen LogP contribution is -2.39. The van der Waals surface area contributed by atoms with Crippen LogP contribution in [-0.2, 0) is 4.79 Å². The number of benzene rings is 2. The van der Waals surface area contributed by atoms with Crippen molar-refractivity contribution in [2.45, 2.75) is 32.4 Å². The van der Waals surface area contributed by atoms with Gasteiger partial charge in [0.1, 0.15) is 13.2 Å². The summed E-state index contributed by atoms with van der Waals surface area (Å²) in [7, 11) is 0. The Labute approximate surface area is 152 Å². The summed E-state index contributed by atoms with van der Waals surface area (Å²) in [5.41, 5.74) is 0.892. The van der Waals surface area contributed by atoms with Crippen molar-refractivity contribution in [1.82, 2.24) is 5.32 Å². The highest BCUT2D eigenvalue weighted by Crippen LogP contribution is 2.32. The zero-order chi connectivity index (χ0) is 18.5. The van der Waals surface area contributed by atoms with Crippen LogP contribution in [0.3, 0.4) is 0 Å². The molecular weight excluding hydrogens is 337 g/mol. The standard InChI is InChI=1S/C20H22FNO4/c1-3-16(26-17-7-5-4-6-15(17)21)20(23)22-13(2)14-8-9-18-19(12-14)25-11-10-24-18/h4-9,12-13,16H,3,10-11H2,1-2H3,(H,22,23)/t13-,16+/m1/s1. The van der Waals surface area contributed by atoms with Crippen LogP contribution >= 0.6 is 0 Å². The van der Waals surface area contributed by atoms with Gasteiger partial charge in [-0.1, -0.05) is 25.1 Å². The van der Waals surface area contributed by atoms with Crippen LogP contribution in [0.1, 0.15) is 31.9 Å². The molecule has 138 valence electrons. The van der Waals surface area contributed by atoms with E-state index < -0.39 is 11.9 Å². The average Bonchev–Trinajstić information content (AvgIpc) is 2.66. The third-order valence-electron chi connectivity index (χ3n) is 4.19. The fraction of sp³-hybridized carbons (Fsp3) is 0.350. The van der Waals surface area contributed by atoms with Crippen LogP contribution < -0.4 is 19.5 Å². The van der Waals surface area contributed by atoms with Gasteiger partial charge in [-0.05, 0) is 43.2 Å². The van der Waals surface area contributed by atoms with Gasteiger partial charge in [-0.3, -0.25) is 4.79 Å². The first-order valence-corrected chi connectivity index (χ1v) is 8.69. The minimum absolute atomic E-state index is 0.0708. The van der Waals surface area contributed by atoms with Crippen molar-refractivity contribution in [3.8, 4) is 17.2 Å². The Bertz CT molecular complexity index is 780. The van der Waals surface area contributed by atoms with E-state index in [1.165, 1.54) is 12.1 Å². The van der Waals surface area contributed by atoms with Gasteiger partial charge in [-0.25, -0.2) is 4.39 Å². The van der Waals surface area contributed by atoms with E-state index in [-0.39, 0.29) is 17.7 Å². The van der Waals surface area contributed by atoms with Gasteiger partial charge in [-0.2, -0.15) is 0 Å². The van der Waals surface area contributed by atoms with Crippen molar-refractivity contribution in [2.24, 2.45) is 0 Å². The third-order valence-corrected chi connectivity index (χ3v) is 4.19. The first kappa shape index (κ1) is 18.0. The lowest BCUT2D eigenvalue weighted by molar-refractivity contribution is -0.128. The van der Waals surface area contributed by atoms with Gasteiger partial charge in [0.2, 0.25) is 0 Å². The molecule has 26 heavy (non-hydrogen) atoms. The van der Waals surface area contributed by atoms with Crippen molar-refractivity contribution in [1.29, 1.82) is 0 Å². The Morgan fingerprint density at radius 3 is 2.65 bits per heavy atom. The third kappa shape index (κ3) is 4.07. The molecule has 3 rings (SSSR count). The van der Waals surface area contributed by atoms with Gasteiger partial charge in [0.25, 0.3) is 5.91 Å². The number of para-hydroxylation sites is 1. The number of carbonyl (C=O) groups is 1. The number of hydrogen-bond acceptors (Lipinski definition) is 4. The van der Waals surface area contributed by atoms with E-state index in [0.717, 1.165) is 5.56 Å². The number of fused-ring (bicyclic) bond motifs is 1. The summed E-state index contributed by atoms with van der Waals surface area (Å²) in [5, 5.41) is 2.91. The van der Waals surface area contributed by atoms with Crippen LogP contribution in [-0.4, -0.2) is 25.2 Å². The monoisotopic (exact) mass is 359 g/mol. The predicted molar refractivity (Wildman–Crippen MR) is 95.1 cm³/mol. The Morgan fingerprint density at radius 1 is 1.19 bits per heavy atom. The molecule has 2 aromatic rings. The number of nitrogens with one attached hydrogen (secondary N) is 1. The molecule has 0 aliphatic carbocycles. The Hall–Kier alpha value is -2.76. The van der Waals surface area contributed by atoms with Gasteiger partial charge in [0.05, 0.1) is 6.04 Å². The van der Waals surface area contributed by atoms with Crippen LogP contribution in [0.25, 0.3) is 0 Å². The number of carbonyl (C=O) groups excluding carboxylic acids is 1. The van der Waals surface area contributed by atoms with Gasteiger partial charge < -0.3 is 19.5 Å². The SMILES string of the molecule is CC[C@H](Oc1ccccc1F)C(=O)N[C@H](C)c1ccc2c(c1)OCCO2. The second kappa shape index (κ2) is 8.08. The first-order valence-electron chi connectivity index (χ1n) is 8.69. The summed E-state index contributed by atoms with van der Waals surface area (Å²) in [4.78, 5) is 12.5. The maximum Gasteiger partial charge on any atom is 0.261 e. The molecule has 1 aliphatic rings. The van der Waals surface area contributed by atoms with Gasteiger partial charge in [0.15, 0.2) is 29.2 Å². The molecule has 5 nitrogen and oxygen atoms in total. The maximum atomic E-state index is 13.8. The smallest absolute Gasteiger partial charge is 0.261 e. The predicted octanol–water partition coefficient (Wildman–Crippen LogP) is 3.63. The Morgan fingerprint density at radius 2 is 1.92 bits per heavy atom. The summed E-state index contributed by atoms with van der Waals surface area (Å²) in [6.45, 7) is 4.73. The zero-order valence-corrected chi connectivity index (χ0v) is 14.8. The molecule has 1 N–H and O–H groups in total. The zero-order valence-electron chi connectivity index (χ0n) is 14.8. The molecule has 0 bridgehead atoms. The second-order valence-corrected chi connectivity index (χ2v) is 6.08. The molecule has 1 aliphatic heterocycles. The second-order valence-electron chi connectivity index (χ2n) is 6.08. The highest BCUT2D eigenvalue weighted by atomic mass is 19.1. The van der Waals surface area contributed by atoms with Gasteiger partial charge >= 0.3 is 0 Å². The molecule has 2 aromatic carbocycles. The molecule has 0 aromatic heterocycles. The van der Waals surface area contributed by atoms with E-state index in [4.69, 9.17) is 14.2 Å². The largest absolute Gasteiger partial charge is 0.486 e. The van der Waals surface area contributed by atoms with Crippen LogP contribution in [0.2, 0.25) is 0 Å². The van der Waals surface area contributed by atoms with E-state index in [9.17, 15) is 9.18 Å². The van der Waals surface area contributed by atoms with E-state index in [2.05, 4.69) is 5.32 Å². The topological polar surface area (TPSA) is 56.8 Å². The maximum absolute atomic E-state index is 13.8. The number of hydrogen-bond donors (Lipinski definition) is 1. The molecule has 0 unspecified atom stereocenters. The first-order chi connectivity index (χ1) is 12.6. The summed E-state index contributed by atoms with van der Waals surface area (Å²) >= 11 is 0. The molecule has 0 radical (unpaired) electrons. The molecule has 0 spiro atoms. The van der Waals surface area contributed by atoms with E-state index in [1.807, 2.05) is 32.0 Å². The van der Waals surface area contributed by atoms with Crippen LogP contribution in [0.15, 0.2) is 42.5 Å². The normalized spacial score (nSPS) is 15.0. The summed E-state index contributed by atoms with van der Waals surface area (Å²) in [6.07, 6.45) is -0.347. The minimum Gasteiger partial charge on any atom is -0.486 e. The summed E-state index contributed by atoms with van der Waals surface area (Å²) in [6, 6.07) is 11.4. The summed E-state index contributed by atoms with van der Waals surface area (Å²) < 4.78 is 30.4. The highest BCUT2D eigenvalue weighted by molar-refractivity contribution is 5.81. The number of ether oxygens (including phenoxy) is 3. The van der Waals surface area contributed by atoms with Crippen molar-refractivity contribution >= 4 is 5.91 Å². The van der Waals surface area contributed by atoms with Crippen molar-refractivity contribution in [3.05, 3.63) is 53.8 Å². The molecule has 2 atom stereocenters. The Kier molecular flexibility index (Phi) is 5.61. The van der Waals surface area contributed by atoms with Crippen LogP contribution in [0.5, 0.6) is 17.2 Å². The van der Waals surface area contributed by atoms with Crippen LogP contribution in [0.4, 0.5) is 4.39 Å². The Balaban J connectivity index is 1.66. The number of rotatable bonds is 6. The van der Waals surface area contributed by atoms with Gasteiger partial charge in [-0.15, -0.1) is 0 Å². The van der Waals surface area contributed by atoms with E-state index >= 15 is 0 Å². The fourth-order valence-electron chi connectivity index (χ4n) is 2.73. The van der Waals surface area contributed by atoms with E-state index in [0.29, 0.717) is 31.1 Å². The number of amides is 1. The molecule has 6 heteroatoms. The van der Waals surface area contributed by atoms with Crippen molar-refractivity contribution < 1.29 is 23.4 Å². The van der Waals surface area contributed by atoms with Gasteiger partial charge in [0, 0.05) is 0 Å². The van der Waals surface area contributed by atoms with Crippen molar-refractivity contribution in [3.63, 3.8) is 0 Å².